The highest BCUT2D eigenvalue weighted by Crippen LogP contribution is 2.48. The lowest BCUT2D eigenvalue weighted by atomic mass is 9.94. The summed E-state index contributed by atoms with van der Waals surface area (Å²) in [4.78, 5) is 14.1. The standard InChI is InChI=1S/C17H21NO2/c19-17(20)16-14-7-3-5-12(14)10-18(16)15-9-8-11-4-1-2-6-13(11)15/h1-2,4,6,12,14-16H,3,5,7-10H2,(H,19,20). The van der Waals surface area contributed by atoms with E-state index in [4.69, 9.17) is 0 Å². The highest BCUT2D eigenvalue weighted by atomic mass is 16.4. The molecule has 0 amide bonds. The van der Waals surface area contributed by atoms with Gasteiger partial charge >= 0.3 is 5.97 Å². The maximum atomic E-state index is 11.8. The molecule has 1 aromatic carbocycles. The molecule has 1 N–H and O–H groups in total. The summed E-state index contributed by atoms with van der Waals surface area (Å²) in [5.74, 6) is 0.396. The van der Waals surface area contributed by atoms with Crippen LogP contribution < -0.4 is 0 Å². The quantitative estimate of drug-likeness (QED) is 0.899. The van der Waals surface area contributed by atoms with Crippen LogP contribution >= 0.6 is 0 Å². The lowest BCUT2D eigenvalue weighted by Crippen LogP contribution is -2.41. The fraction of sp³-hybridized carbons (Fsp3) is 0.588. The predicted molar refractivity (Wildman–Crippen MR) is 76.5 cm³/mol. The molecular formula is C17H21NO2. The summed E-state index contributed by atoms with van der Waals surface area (Å²) in [5.41, 5.74) is 2.79. The average Bonchev–Trinajstić information content (AvgIpc) is 3.10. The van der Waals surface area contributed by atoms with Crippen molar-refractivity contribution in [2.24, 2.45) is 11.8 Å². The van der Waals surface area contributed by atoms with Crippen LogP contribution in [0.4, 0.5) is 0 Å². The number of aryl methyl sites for hydroxylation is 1. The molecular weight excluding hydrogens is 250 g/mol. The third kappa shape index (κ3) is 1.72. The molecule has 0 aromatic heterocycles. The second-order valence-corrected chi connectivity index (χ2v) is 6.59. The van der Waals surface area contributed by atoms with E-state index < -0.39 is 5.97 Å². The van der Waals surface area contributed by atoms with Crippen LogP contribution in [0, 0.1) is 11.8 Å². The summed E-state index contributed by atoms with van der Waals surface area (Å²) in [6, 6.07) is 8.65. The summed E-state index contributed by atoms with van der Waals surface area (Å²) in [6.07, 6.45) is 5.72. The van der Waals surface area contributed by atoms with Gasteiger partial charge in [-0.05, 0) is 48.6 Å². The van der Waals surface area contributed by atoms with Crippen molar-refractivity contribution in [3.8, 4) is 0 Å². The Kier molecular flexibility index (Phi) is 2.84. The second kappa shape index (κ2) is 4.59. The van der Waals surface area contributed by atoms with Crippen molar-refractivity contribution in [2.75, 3.05) is 6.54 Å². The van der Waals surface area contributed by atoms with Crippen LogP contribution in [0.1, 0.15) is 42.9 Å². The molecule has 3 aliphatic rings. The van der Waals surface area contributed by atoms with Crippen LogP contribution in [-0.2, 0) is 11.2 Å². The van der Waals surface area contributed by atoms with E-state index >= 15 is 0 Å². The molecule has 4 atom stereocenters. The minimum Gasteiger partial charge on any atom is -0.480 e. The van der Waals surface area contributed by atoms with Crippen LogP contribution in [0.25, 0.3) is 0 Å². The summed E-state index contributed by atoms with van der Waals surface area (Å²) < 4.78 is 0. The molecule has 1 heterocycles. The van der Waals surface area contributed by atoms with Gasteiger partial charge in [0.15, 0.2) is 0 Å². The van der Waals surface area contributed by atoms with Crippen LogP contribution in [0.5, 0.6) is 0 Å². The van der Waals surface area contributed by atoms with Gasteiger partial charge in [-0.1, -0.05) is 30.7 Å². The number of benzene rings is 1. The first-order chi connectivity index (χ1) is 9.75. The molecule has 0 bridgehead atoms. The third-order valence-electron chi connectivity index (χ3n) is 5.68. The fourth-order valence-electron chi connectivity index (χ4n) is 4.86. The van der Waals surface area contributed by atoms with Crippen molar-refractivity contribution in [1.82, 2.24) is 4.90 Å². The highest BCUT2D eigenvalue weighted by Gasteiger charge is 2.50. The smallest absolute Gasteiger partial charge is 0.321 e. The highest BCUT2D eigenvalue weighted by molar-refractivity contribution is 5.74. The lowest BCUT2D eigenvalue weighted by Gasteiger charge is -2.30. The topological polar surface area (TPSA) is 40.5 Å². The molecule has 20 heavy (non-hydrogen) atoms. The molecule has 0 spiro atoms. The Balaban J connectivity index is 1.67. The van der Waals surface area contributed by atoms with E-state index in [-0.39, 0.29) is 6.04 Å². The van der Waals surface area contributed by atoms with E-state index in [1.54, 1.807) is 0 Å². The lowest BCUT2D eigenvalue weighted by molar-refractivity contribution is -0.144. The summed E-state index contributed by atoms with van der Waals surface area (Å²) in [6.45, 7) is 0.987. The van der Waals surface area contributed by atoms with Crippen molar-refractivity contribution in [3.63, 3.8) is 0 Å². The van der Waals surface area contributed by atoms with Gasteiger partial charge in [0.2, 0.25) is 0 Å². The maximum absolute atomic E-state index is 11.8. The number of hydrogen-bond donors (Lipinski definition) is 1. The van der Waals surface area contributed by atoms with Crippen molar-refractivity contribution in [1.29, 1.82) is 0 Å². The summed E-state index contributed by atoms with van der Waals surface area (Å²) >= 11 is 0. The zero-order valence-corrected chi connectivity index (χ0v) is 11.7. The van der Waals surface area contributed by atoms with E-state index in [0.717, 1.165) is 25.8 Å². The molecule has 1 aromatic rings. The molecule has 0 radical (unpaired) electrons. The number of likely N-dealkylation sites (tertiary alicyclic amines) is 1. The molecule has 4 rings (SSSR count). The molecule has 3 nitrogen and oxygen atoms in total. The Morgan fingerprint density at radius 1 is 1.20 bits per heavy atom. The Hall–Kier alpha value is -1.35. The van der Waals surface area contributed by atoms with Gasteiger partial charge in [-0.15, -0.1) is 0 Å². The monoisotopic (exact) mass is 271 g/mol. The molecule has 106 valence electrons. The van der Waals surface area contributed by atoms with Gasteiger partial charge in [0.25, 0.3) is 0 Å². The van der Waals surface area contributed by atoms with E-state index in [1.807, 2.05) is 0 Å². The minimum absolute atomic E-state index is 0.251. The number of aliphatic carboxylic acids is 1. The normalized spacial score (nSPS) is 36.0. The molecule has 1 aliphatic heterocycles. The average molecular weight is 271 g/mol. The number of carboxylic acid groups (broad SMARTS) is 1. The summed E-state index contributed by atoms with van der Waals surface area (Å²) in [7, 11) is 0. The van der Waals surface area contributed by atoms with Gasteiger partial charge < -0.3 is 5.11 Å². The molecule has 4 unspecified atom stereocenters. The largest absolute Gasteiger partial charge is 0.480 e. The van der Waals surface area contributed by atoms with Crippen molar-refractivity contribution in [2.45, 2.75) is 44.2 Å². The van der Waals surface area contributed by atoms with Crippen LogP contribution in [0.3, 0.4) is 0 Å². The van der Waals surface area contributed by atoms with Crippen molar-refractivity contribution in [3.05, 3.63) is 35.4 Å². The zero-order chi connectivity index (χ0) is 13.7. The molecule has 2 aliphatic carbocycles. The van der Waals surface area contributed by atoms with E-state index in [0.29, 0.717) is 17.9 Å². The number of rotatable bonds is 2. The number of carbonyl (C=O) groups is 1. The minimum atomic E-state index is -0.608. The molecule has 1 saturated heterocycles. The van der Waals surface area contributed by atoms with Gasteiger partial charge in [0.1, 0.15) is 6.04 Å². The Labute approximate surface area is 119 Å². The number of hydrogen-bond acceptors (Lipinski definition) is 2. The van der Waals surface area contributed by atoms with Crippen LogP contribution in [0.15, 0.2) is 24.3 Å². The van der Waals surface area contributed by atoms with E-state index in [9.17, 15) is 9.90 Å². The van der Waals surface area contributed by atoms with Gasteiger partial charge in [-0.3, -0.25) is 9.69 Å². The first-order valence-electron chi connectivity index (χ1n) is 7.82. The summed E-state index contributed by atoms with van der Waals surface area (Å²) in [5, 5.41) is 9.70. The van der Waals surface area contributed by atoms with Crippen molar-refractivity contribution >= 4 is 5.97 Å². The maximum Gasteiger partial charge on any atom is 0.321 e. The van der Waals surface area contributed by atoms with E-state index in [1.165, 1.54) is 24.0 Å². The number of nitrogens with zero attached hydrogens (tertiary/aromatic N) is 1. The van der Waals surface area contributed by atoms with Gasteiger partial charge in [-0.25, -0.2) is 0 Å². The van der Waals surface area contributed by atoms with Crippen LogP contribution in [-0.4, -0.2) is 28.6 Å². The zero-order valence-electron chi connectivity index (χ0n) is 11.7. The molecule has 2 fully saturated rings. The Morgan fingerprint density at radius 2 is 2.05 bits per heavy atom. The molecule has 3 heteroatoms. The molecule has 1 saturated carbocycles. The van der Waals surface area contributed by atoms with Crippen molar-refractivity contribution < 1.29 is 9.90 Å². The SMILES string of the molecule is O=C(O)C1C2CCCC2CN1C1CCc2ccccc21. The third-order valence-corrected chi connectivity index (χ3v) is 5.68. The van der Waals surface area contributed by atoms with Crippen LogP contribution in [0.2, 0.25) is 0 Å². The fourth-order valence-corrected chi connectivity index (χ4v) is 4.86. The Bertz CT molecular complexity index is 542. The number of fused-ring (bicyclic) bond motifs is 2. The predicted octanol–water partition coefficient (Wildman–Crippen LogP) is 2.86. The van der Waals surface area contributed by atoms with Gasteiger partial charge in [0, 0.05) is 12.6 Å². The Morgan fingerprint density at radius 3 is 2.90 bits per heavy atom. The number of carboxylic acids is 1. The second-order valence-electron chi connectivity index (χ2n) is 6.59. The van der Waals surface area contributed by atoms with Gasteiger partial charge in [-0.2, -0.15) is 0 Å². The first-order valence-corrected chi connectivity index (χ1v) is 7.82. The van der Waals surface area contributed by atoms with E-state index in [2.05, 4.69) is 29.2 Å². The first kappa shape index (κ1) is 12.4. The van der Waals surface area contributed by atoms with Gasteiger partial charge in [0.05, 0.1) is 0 Å².